The zero-order valence-electron chi connectivity index (χ0n) is 48.9. The molecule has 8 aromatic heterocycles. The summed E-state index contributed by atoms with van der Waals surface area (Å²) in [6, 6.07) is 43.7. The number of benzene rings is 6. The quantitative estimate of drug-likeness (QED) is 0.0693. The number of anilines is 1. The van der Waals surface area contributed by atoms with Crippen molar-refractivity contribution in [1.82, 2.24) is 74.2 Å². The number of aliphatic hydroxyl groups excluding tert-OH is 1. The molecule has 0 bridgehead atoms. The van der Waals surface area contributed by atoms with Gasteiger partial charge in [0.05, 0.1) is 79.8 Å². The van der Waals surface area contributed by atoms with E-state index in [0.29, 0.717) is 73.5 Å². The first-order valence-corrected chi connectivity index (χ1v) is 30.7. The summed E-state index contributed by atoms with van der Waals surface area (Å²) in [4.78, 5) is 61.4. The molecule has 1 saturated heterocycles. The number of pyridine rings is 3. The van der Waals surface area contributed by atoms with Crippen molar-refractivity contribution in [2.45, 2.75) is 43.7 Å². The van der Waals surface area contributed by atoms with Crippen LogP contribution in [0.25, 0.3) is 82.9 Å². The maximum Gasteiger partial charge on any atom is 0.250 e. The molecule has 1 aliphatic rings. The third kappa shape index (κ3) is 14.5. The monoisotopic (exact) mass is 1400 g/mol. The Kier molecular flexibility index (Phi) is 19.0. The summed E-state index contributed by atoms with van der Waals surface area (Å²) in [6.07, 6.45) is 14.0. The maximum atomic E-state index is 14.0. The highest BCUT2D eigenvalue weighted by atomic mass is 79.9. The van der Waals surface area contributed by atoms with E-state index in [1.165, 1.54) is 30.5 Å². The molecular weight excluding hydrogens is 1360 g/mol. The summed E-state index contributed by atoms with van der Waals surface area (Å²) in [5.74, 6) is -0.924. The smallest absolute Gasteiger partial charge is 0.250 e. The fourth-order valence-corrected chi connectivity index (χ4v) is 10.9. The first-order chi connectivity index (χ1) is 45.6. The number of carbonyl (C=O) groups excluding carboxylic acids is 2. The predicted octanol–water partition coefficient (Wildman–Crippen LogP) is 13.3. The van der Waals surface area contributed by atoms with Crippen molar-refractivity contribution < 1.29 is 27.9 Å². The van der Waals surface area contributed by atoms with E-state index in [9.17, 15) is 27.9 Å². The number of hydrogen-bond acceptors (Lipinski definition) is 16. The van der Waals surface area contributed by atoms with Crippen molar-refractivity contribution in [2.24, 2.45) is 0 Å². The van der Waals surface area contributed by atoms with E-state index in [1.807, 2.05) is 72.8 Å². The largest absolute Gasteiger partial charge is 0.371 e. The van der Waals surface area contributed by atoms with Crippen molar-refractivity contribution >= 4 is 111 Å². The lowest BCUT2D eigenvalue weighted by molar-refractivity contribution is -0.149. The van der Waals surface area contributed by atoms with Gasteiger partial charge in [-0.2, -0.15) is 10.2 Å². The van der Waals surface area contributed by atoms with Gasteiger partial charge in [0.2, 0.25) is 23.5 Å². The van der Waals surface area contributed by atoms with Gasteiger partial charge in [0.1, 0.15) is 34.5 Å². The van der Waals surface area contributed by atoms with Crippen molar-refractivity contribution in [3.05, 3.63) is 261 Å². The Labute approximate surface area is 554 Å². The minimum Gasteiger partial charge on any atom is -0.371 e. The van der Waals surface area contributed by atoms with Crippen molar-refractivity contribution in [2.75, 3.05) is 5.73 Å². The SMILES string of the molecule is Fc1cc(-c2cnc3ncc(Cc4ccc5ncccc5c4)n3n2)ccc1Br.Nc1ncc(-c2ccc(Br)c(F)c2)nn1.O=C1CCC(=O)N1C(O)C(Cl)Cc1ccc2ncccc2c1.[C-]#[N+]c1ccc(-c2cnc3ncc(Cc4ccc5ncccc5c4)n3n2)cc1F. The second kappa shape index (κ2) is 28.3. The third-order valence-electron chi connectivity index (χ3n) is 14.9. The summed E-state index contributed by atoms with van der Waals surface area (Å²) in [5.41, 5.74) is 16.4. The number of nitrogen functional groups attached to an aromatic ring is 1. The minimum atomic E-state index is -1.30. The van der Waals surface area contributed by atoms with E-state index in [4.69, 9.17) is 23.9 Å². The molecule has 6 aromatic carbocycles. The number of rotatable bonds is 11. The summed E-state index contributed by atoms with van der Waals surface area (Å²) in [7, 11) is 0. The van der Waals surface area contributed by atoms with Crippen LogP contribution in [0.1, 0.15) is 40.9 Å². The molecule has 14 aromatic rings. The number of imide groups is 1. The molecular formula is C68H47Br2ClF3N17O3. The van der Waals surface area contributed by atoms with Crippen molar-refractivity contribution in [3.8, 4) is 33.8 Å². The van der Waals surface area contributed by atoms with Crippen LogP contribution >= 0.6 is 43.5 Å². The first kappa shape index (κ1) is 63.2. The Hall–Kier alpha value is -10.9. The van der Waals surface area contributed by atoms with E-state index in [0.717, 1.165) is 65.7 Å². The molecule has 94 heavy (non-hydrogen) atoms. The normalized spacial score (nSPS) is 12.6. The molecule has 2 atom stereocenters. The zero-order valence-corrected chi connectivity index (χ0v) is 52.9. The lowest BCUT2D eigenvalue weighted by atomic mass is 10.1. The zero-order chi connectivity index (χ0) is 65.4. The highest BCUT2D eigenvalue weighted by molar-refractivity contribution is 9.10. The molecule has 1 fully saturated rings. The summed E-state index contributed by atoms with van der Waals surface area (Å²) in [5, 5.41) is 29.2. The Morgan fingerprint density at radius 3 is 1.43 bits per heavy atom. The van der Waals surface area contributed by atoms with Gasteiger partial charge in [-0.1, -0.05) is 60.7 Å². The fourth-order valence-electron chi connectivity index (χ4n) is 10.2. The molecule has 3 N–H and O–H groups in total. The maximum absolute atomic E-state index is 14.0. The molecule has 0 saturated carbocycles. The van der Waals surface area contributed by atoms with Gasteiger partial charge in [0.15, 0.2) is 6.23 Å². The van der Waals surface area contributed by atoms with Crippen LogP contribution in [0.15, 0.2) is 204 Å². The number of fused-ring (bicyclic) bond motifs is 5. The van der Waals surface area contributed by atoms with Crippen LogP contribution < -0.4 is 5.73 Å². The van der Waals surface area contributed by atoms with Crippen LogP contribution in [-0.4, -0.2) is 103 Å². The Morgan fingerprint density at radius 1 is 0.532 bits per heavy atom. The number of likely N-dealkylation sites (tertiary alicyclic amines) is 1. The predicted molar refractivity (Wildman–Crippen MR) is 355 cm³/mol. The summed E-state index contributed by atoms with van der Waals surface area (Å²) >= 11 is 12.5. The number of aromatic nitrogens is 14. The average Bonchev–Trinajstić information content (AvgIpc) is 1.64. The van der Waals surface area contributed by atoms with E-state index in [1.54, 1.807) is 82.7 Å². The molecule has 2 amide bonds. The highest BCUT2D eigenvalue weighted by Gasteiger charge is 2.37. The second-order valence-corrected chi connectivity index (χ2v) is 23.5. The lowest BCUT2D eigenvalue weighted by Gasteiger charge is -2.25. The number of halogens is 6. The fraction of sp³-hybridized carbons (Fsp3) is 0.103. The van der Waals surface area contributed by atoms with Crippen LogP contribution in [0.5, 0.6) is 0 Å². The first-order valence-electron chi connectivity index (χ1n) is 28.7. The van der Waals surface area contributed by atoms with Gasteiger partial charge < -0.3 is 10.8 Å². The van der Waals surface area contributed by atoms with Crippen LogP contribution in [0.2, 0.25) is 0 Å². The molecule has 0 radical (unpaired) electrons. The number of amides is 2. The van der Waals surface area contributed by atoms with E-state index < -0.39 is 17.4 Å². The second-order valence-electron chi connectivity index (χ2n) is 21.2. The van der Waals surface area contributed by atoms with Crippen LogP contribution in [0.3, 0.4) is 0 Å². The minimum absolute atomic E-state index is 0.0168. The number of aliphatic hydroxyl groups is 1. The molecule has 26 heteroatoms. The Bertz CT molecular complexity index is 5200. The van der Waals surface area contributed by atoms with Crippen molar-refractivity contribution in [3.63, 3.8) is 0 Å². The molecule has 9 heterocycles. The van der Waals surface area contributed by atoms with Gasteiger partial charge in [0.25, 0.3) is 11.6 Å². The van der Waals surface area contributed by atoms with Gasteiger partial charge in [-0.3, -0.25) is 29.4 Å². The molecule has 0 spiro atoms. The number of carbonyl (C=O) groups is 2. The molecule has 1 aliphatic heterocycles. The van der Waals surface area contributed by atoms with E-state index in [-0.39, 0.29) is 47.9 Å². The third-order valence-corrected chi connectivity index (χ3v) is 16.5. The van der Waals surface area contributed by atoms with E-state index >= 15 is 0 Å². The Morgan fingerprint density at radius 2 is 0.968 bits per heavy atom. The van der Waals surface area contributed by atoms with Gasteiger partial charge in [-0.25, -0.2) is 52.0 Å². The highest BCUT2D eigenvalue weighted by Crippen LogP contribution is 2.29. The number of imidazole rings is 2. The van der Waals surface area contributed by atoms with Gasteiger partial charge in [0, 0.05) is 77.1 Å². The summed E-state index contributed by atoms with van der Waals surface area (Å²) < 4.78 is 45.3. The van der Waals surface area contributed by atoms with Gasteiger partial charge in [-0.15, -0.1) is 21.8 Å². The lowest BCUT2D eigenvalue weighted by Crippen LogP contribution is -2.45. The number of alkyl halides is 1. The average molecular weight is 1400 g/mol. The molecule has 464 valence electrons. The van der Waals surface area contributed by atoms with Crippen molar-refractivity contribution in [1.29, 1.82) is 0 Å². The van der Waals surface area contributed by atoms with Crippen LogP contribution in [-0.2, 0) is 28.9 Å². The number of nitrogens with two attached hydrogens (primary N) is 1. The van der Waals surface area contributed by atoms with Gasteiger partial charge in [-0.05, 0) is 140 Å². The molecule has 15 rings (SSSR count). The van der Waals surface area contributed by atoms with Gasteiger partial charge >= 0.3 is 0 Å². The number of hydrogen-bond donors (Lipinski definition) is 2. The molecule has 0 aliphatic carbocycles. The number of nitrogens with zero attached hydrogens (tertiary/aromatic N) is 16. The topological polar surface area (TPSA) is 251 Å². The van der Waals surface area contributed by atoms with Crippen LogP contribution in [0, 0.1) is 24.0 Å². The standard InChI is InChI=1S/C22H13FN6.C21H13BrFN5.C16H15ClN2O3.C9H6BrFN4/c1-24-20-7-5-16(11-18(20)23)21-13-27-22-26-12-17(29(22)28-21)10-14-4-6-19-15(9-14)3-2-8-25-19;22-17-5-4-15(10-18(17)23)20-12-26-21-25-11-16(28(21)27-20)9-13-3-6-19-14(8-13)2-1-7-24-19;17-12(16(22)19-14(20)5-6-15(19)21)9-10-3-4-13-11(8-10)2-1-7-18-13;10-6-2-1-5(3-7(6)11)8-4-13-9(12)15-14-8/h2-9,11-13H,10H2;1-8,10-12H,9H2;1-4,7-8,12,16,22H,5-6,9H2;1-4H,(H2,12,13,15). The molecule has 2 unspecified atom stereocenters. The van der Waals surface area contributed by atoms with Crippen LogP contribution in [0.4, 0.5) is 24.8 Å². The Balaban J connectivity index is 0.000000123. The van der Waals surface area contributed by atoms with E-state index in [2.05, 4.69) is 115 Å². The summed E-state index contributed by atoms with van der Waals surface area (Å²) in [6.45, 7) is 6.97. The molecule has 20 nitrogen and oxygen atoms in total.